The Morgan fingerprint density at radius 3 is 2.96 bits per heavy atom. The highest BCUT2D eigenvalue weighted by atomic mass is 32.1. The summed E-state index contributed by atoms with van der Waals surface area (Å²) in [7, 11) is 0. The van der Waals surface area contributed by atoms with Gasteiger partial charge in [0, 0.05) is 30.1 Å². The van der Waals surface area contributed by atoms with E-state index < -0.39 is 0 Å². The second kappa shape index (κ2) is 7.59. The van der Waals surface area contributed by atoms with Crippen molar-refractivity contribution < 1.29 is 4.79 Å². The smallest absolute Gasteiger partial charge is 0.315 e. The number of amides is 2. The monoisotopic (exact) mass is 329 g/mol. The van der Waals surface area contributed by atoms with Crippen LogP contribution in [0.5, 0.6) is 0 Å². The van der Waals surface area contributed by atoms with E-state index in [1.54, 1.807) is 11.3 Å². The highest BCUT2D eigenvalue weighted by Crippen LogP contribution is 2.20. The Bertz CT molecular complexity index is 668. The van der Waals surface area contributed by atoms with Crippen molar-refractivity contribution in [2.24, 2.45) is 0 Å². The van der Waals surface area contributed by atoms with Gasteiger partial charge in [-0.2, -0.15) is 0 Å². The Hall–Kier alpha value is -1.88. The number of rotatable bonds is 4. The first-order chi connectivity index (χ1) is 11.2. The molecule has 5 heteroatoms. The van der Waals surface area contributed by atoms with E-state index in [1.165, 1.54) is 16.0 Å². The van der Waals surface area contributed by atoms with Crippen molar-refractivity contribution in [1.29, 1.82) is 0 Å². The number of aromatic nitrogens is 1. The number of aryl methyl sites for hydroxylation is 2. The molecule has 1 atom stereocenters. The lowest BCUT2D eigenvalue weighted by Gasteiger charge is -2.17. The number of fused-ring (bicyclic) bond motifs is 1. The van der Waals surface area contributed by atoms with Crippen LogP contribution >= 0.6 is 11.3 Å². The summed E-state index contributed by atoms with van der Waals surface area (Å²) in [5, 5.41) is 7.16. The third-order valence-electron chi connectivity index (χ3n) is 4.24. The van der Waals surface area contributed by atoms with Gasteiger partial charge in [-0.3, -0.25) is 0 Å². The second-order valence-corrected chi connectivity index (χ2v) is 7.38. The summed E-state index contributed by atoms with van der Waals surface area (Å²) in [6.07, 6.45) is 6.94. The van der Waals surface area contributed by atoms with Crippen molar-refractivity contribution in [3.05, 3.63) is 51.5 Å². The van der Waals surface area contributed by atoms with Gasteiger partial charge < -0.3 is 10.6 Å². The summed E-state index contributed by atoms with van der Waals surface area (Å²) in [6.45, 7) is 2.65. The molecule has 0 fully saturated rings. The zero-order chi connectivity index (χ0) is 16.1. The molecule has 1 aliphatic rings. The normalized spacial score (nSPS) is 17.2. The summed E-state index contributed by atoms with van der Waals surface area (Å²) >= 11 is 1.69. The predicted molar refractivity (Wildman–Crippen MR) is 94.0 cm³/mol. The van der Waals surface area contributed by atoms with Crippen LogP contribution in [0.15, 0.2) is 30.5 Å². The molecule has 2 N–H and O–H groups in total. The number of nitrogens with zero attached hydrogens (tertiary/aromatic N) is 1. The molecule has 0 aliphatic heterocycles. The van der Waals surface area contributed by atoms with Gasteiger partial charge in [0.15, 0.2) is 0 Å². The number of nitrogens with one attached hydrogen (secondary N) is 2. The van der Waals surface area contributed by atoms with Crippen LogP contribution in [-0.4, -0.2) is 23.6 Å². The molecule has 0 radical (unpaired) electrons. The minimum absolute atomic E-state index is 0.0596. The lowest BCUT2D eigenvalue weighted by atomic mass is 10.0. The minimum atomic E-state index is -0.0596. The molecule has 122 valence electrons. The van der Waals surface area contributed by atoms with E-state index in [0.29, 0.717) is 6.54 Å². The van der Waals surface area contributed by atoms with Crippen molar-refractivity contribution in [1.82, 2.24) is 15.6 Å². The number of benzene rings is 1. The standard InChI is InChI=1S/C18H23N3OS/c1-13-20-12-17(23-13)9-10-19-18(22)21-16-8-4-7-14-5-2-3-6-15(14)11-16/h2-3,5-6,12,16H,4,7-11H2,1H3,(H2,19,21,22). The van der Waals surface area contributed by atoms with Crippen LogP contribution in [-0.2, 0) is 19.3 Å². The molecule has 4 nitrogen and oxygen atoms in total. The summed E-state index contributed by atoms with van der Waals surface area (Å²) in [5.41, 5.74) is 2.80. The number of thiazole rings is 1. The Morgan fingerprint density at radius 1 is 1.35 bits per heavy atom. The van der Waals surface area contributed by atoms with Gasteiger partial charge in [0.2, 0.25) is 0 Å². The van der Waals surface area contributed by atoms with E-state index in [0.717, 1.165) is 37.1 Å². The van der Waals surface area contributed by atoms with Gasteiger partial charge in [-0.25, -0.2) is 9.78 Å². The Labute approximate surface area is 141 Å². The molecular formula is C18H23N3OS. The third kappa shape index (κ3) is 4.55. The summed E-state index contributed by atoms with van der Waals surface area (Å²) in [5.74, 6) is 0. The van der Waals surface area contributed by atoms with E-state index in [-0.39, 0.29) is 12.1 Å². The minimum Gasteiger partial charge on any atom is -0.338 e. The first-order valence-electron chi connectivity index (χ1n) is 8.23. The molecule has 0 saturated heterocycles. The Morgan fingerprint density at radius 2 is 2.17 bits per heavy atom. The van der Waals surface area contributed by atoms with E-state index in [9.17, 15) is 4.79 Å². The maximum absolute atomic E-state index is 12.1. The molecule has 2 aromatic rings. The van der Waals surface area contributed by atoms with Gasteiger partial charge in [-0.05, 0) is 43.7 Å². The van der Waals surface area contributed by atoms with Gasteiger partial charge in [0.05, 0.1) is 5.01 Å². The first-order valence-corrected chi connectivity index (χ1v) is 9.05. The highest BCUT2D eigenvalue weighted by Gasteiger charge is 2.17. The van der Waals surface area contributed by atoms with Gasteiger partial charge in [-0.15, -0.1) is 11.3 Å². The number of urea groups is 1. The van der Waals surface area contributed by atoms with E-state index in [1.807, 2.05) is 13.1 Å². The molecular weight excluding hydrogens is 306 g/mol. The molecule has 0 bridgehead atoms. The average Bonchev–Trinajstić information content (AvgIpc) is 2.83. The fourth-order valence-electron chi connectivity index (χ4n) is 3.09. The zero-order valence-electron chi connectivity index (χ0n) is 13.5. The lowest BCUT2D eigenvalue weighted by Crippen LogP contribution is -2.43. The molecule has 3 rings (SSSR count). The molecule has 1 unspecified atom stereocenters. The molecule has 1 heterocycles. The van der Waals surface area contributed by atoms with E-state index in [2.05, 4.69) is 39.9 Å². The van der Waals surface area contributed by atoms with Crippen molar-refractivity contribution in [3.8, 4) is 0 Å². The maximum Gasteiger partial charge on any atom is 0.315 e. The molecule has 2 amide bonds. The quantitative estimate of drug-likeness (QED) is 0.846. The number of carbonyl (C=O) groups excluding carboxylic acids is 1. The van der Waals surface area contributed by atoms with Crippen LogP contribution in [0.4, 0.5) is 4.79 Å². The SMILES string of the molecule is Cc1ncc(CCNC(=O)NC2CCCc3ccccc3C2)s1. The lowest BCUT2D eigenvalue weighted by molar-refractivity contribution is 0.236. The molecule has 0 spiro atoms. The van der Waals surface area contributed by atoms with Gasteiger partial charge >= 0.3 is 6.03 Å². The van der Waals surface area contributed by atoms with Crippen LogP contribution in [0.2, 0.25) is 0 Å². The predicted octanol–water partition coefficient (Wildman–Crippen LogP) is 3.24. The molecule has 0 saturated carbocycles. The third-order valence-corrected chi connectivity index (χ3v) is 5.22. The van der Waals surface area contributed by atoms with Crippen molar-refractivity contribution >= 4 is 17.4 Å². The Kier molecular flexibility index (Phi) is 5.28. The molecule has 1 aromatic heterocycles. The fraction of sp³-hybridized carbons (Fsp3) is 0.444. The Balaban J connectivity index is 1.46. The zero-order valence-corrected chi connectivity index (χ0v) is 14.3. The topological polar surface area (TPSA) is 54.0 Å². The summed E-state index contributed by atoms with van der Waals surface area (Å²) in [4.78, 5) is 17.5. The van der Waals surface area contributed by atoms with Crippen molar-refractivity contribution in [3.63, 3.8) is 0 Å². The maximum atomic E-state index is 12.1. The molecule has 1 aromatic carbocycles. The van der Waals surface area contributed by atoms with E-state index >= 15 is 0 Å². The van der Waals surface area contributed by atoms with Crippen LogP contribution in [0, 0.1) is 6.92 Å². The second-order valence-electron chi connectivity index (χ2n) is 6.06. The largest absolute Gasteiger partial charge is 0.338 e. The highest BCUT2D eigenvalue weighted by molar-refractivity contribution is 7.11. The first kappa shape index (κ1) is 16.0. The van der Waals surface area contributed by atoms with Gasteiger partial charge in [-0.1, -0.05) is 24.3 Å². The van der Waals surface area contributed by atoms with Crippen molar-refractivity contribution in [2.45, 2.75) is 45.1 Å². The fourth-order valence-corrected chi connectivity index (χ4v) is 3.88. The summed E-state index contributed by atoms with van der Waals surface area (Å²) in [6, 6.07) is 8.73. The molecule has 23 heavy (non-hydrogen) atoms. The van der Waals surface area contributed by atoms with E-state index in [4.69, 9.17) is 0 Å². The van der Waals surface area contributed by atoms with Crippen LogP contribution in [0.1, 0.15) is 33.9 Å². The van der Waals surface area contributed by atoms with Crippen LogP contribution in [0.25, 0.3) is 0 Å². The van der Waals surface area contributed by atoms with Crippen LogP contribution in [0.3, 0.4) is 0 Å². The van der Waals surface area contributed by atoms with Gasteiger partial charge in [0.25, 0.3) is 0 Å². The van der Waals surface area contributed by atoms with Crippen molar-refractivity contribution in [2.75, 3.05) is 6.54 Å². The average molecular weight is 329 g/mol. The van der Waals surface area contributed by atoms with Gasteiger partial charge in [0.1, 0.15) is 0 Å². The number of hydrogen-bond acceptors (Lipinski definition) is 3. The van der Waals surface area contributed by atoms with Crippen LogP contribution < -0.4 is 10.6 Å². The summed E-state index contributed by atoms with van der Waals surface area (Å²) < 4.78 is 0. The number of carbonyl (C=O) groups is 1. The molecule has 1 aliphatic carbocycles. The number of hydrogen-bond donors (Lipinski definition) is 2.